The average Bonchev–Trinajstić information content (AvgIpc) is 2.43. The van der Waals surface area contributed by atoms with Gasteiger partial charge in [-0.15, -0.1) is 0 Å². The summed E-state index contributed by atoms with van der Waals surface area (Å²) in [7, 11) is 0. The van der Waals surface area contributed by atoms with Gasteiger partial charge < -0.3 is 14.8 Å². The van der Waals surface area contributed by atoms with Crippen molar-refractivity contribution < 1.29 is 13.9 Å². The van der Waals surface area contributed by atoms with E-state index in [2.05, 4.69) is 12.2 Å². The molecule has 1 aromatic carbocycles. The van der Waals surface area contributed by atoms with E-state index in [1.807, 2.05) is 6.92 Å². The topological polar surface area (TPSA) is 30.5 Å². The second-order valence-electron chi connectivity index (χ2n) is 4.31. The van der Waals surface area contributed by atoms with Gasteiger partial charge in [0.15, 0.2) is 0 Å². The highest BCUT2D eigenvalue weighted by atomic mass is 19.1. The minimum atomic E-state index is -0.224. The van der Waals surface area contributed by atoms with Gasteiger partial charge in [-0.25, -0.2) is 4.39 Å². The zero-order chi connectivity index (χ0) is 13.9. The van der Waals surface area contributed by atoms with Crippen molar-refractivity contribution in [2.75, 3.05) is 32.9 Å². The molecule has 1 unspecified atom stereocenters. The van der Waals surface area contributed by atoms with Crippen molar-refractivity contribution >= 4 is 0 Å². The number of hydrogen-bond acceptors (Lipinski definition) is 3. The fourth-order valence-corrected chi connectivity index (χ4v) is 1.75. The van der Waals surface area contributed by atoms with Crippen LogP contribution >= 0.6 is 0 Å². The third kappa shape index (κ3) is 6.66. The lowest BCUT2D eigenvalue weighted by Crippen LogP contribution is -2.25. The zero-order valence-corrected chi connectivity index (χ0v) is 11.8. The first-order chi connectivity index (χ1) is 9.27. The maximum Gasteiger partial charge on any atom is 0.123 e. The molecule has 0 heterocycles. The number of nitrogens with one attached hydrogen (secondary N) is 1. The minimum absolute atomic E-state index is 0.0624. The van der Waals surface area contributed by atoms with Crippen molar-refractivity contribution in [1.82, 2.24) is 5.32 Å². The largest absolute Gasteiger partial charge is 0.379 e. The first-order valence-electron chi connectivity index (χ1n) is 6.93. The molecule has 0 aromatic heterocycles. The zero-order valence-electron chi connectivity index (χ0n) is 11.8. The van der Waals surface area contributed by atoms with Crippen LogP contribution < -0.4 is 5.32 Å². The Morgan fingerprint density at radius 3 is 2.53 bits per heavy atom. The Morgan fingerprint density at radius 1 is 1.16 bits per heavy atom. The van der Waals surface area contributed by atoms with Crippen molar-refractivity contribution in [3.05, 3.63) is 35.6 Å². The van der Waals surface area contributed by atoms with Gasteiger partial charge in [0.2, 0.25) is 0 Å². The predicted octanol–water partition coefficient (Wildman–Crippen LogP) is 2.92. The fourth-order valence-electron chi connectivity index (χ4n) is 1.75. The first-order valence-corrected chi connectivity index (χ1v) is 6.93. The minimum Gasteiger partial charge on any atom is -0.379 e. The molecule has 1 rings (SSSR count). The third-order valence-electron chi connectivity index (χ3n) is 2.75. The molecule has 0 saturated heterocycles. The van der Waals surface area contributed by atoms with Crippen molar-refractivity contribution in [3.8, 4) is 0 Å². The number of halogens is 1. The Balaban J connectivity index is 2.49. The molecule has 0 aliphatic carbocycles. The van der Waals surface area contributed by atoms with Gasteiger partial charge in [-0.05, 0) is 37.6 Å². The van der Waals surface area contributed by atoms with E-state index in [-0.39, 0.29) is 11.9 Å². The van der Waals surface area contributed by atoms with E-state index in [0.29, 0.717) is 19.8 Å². The lowest BCUT2D eigenvalue weighted by atomic mass is 10.1. The molecule has 1 N–H and O–H groups in total. The van der Waals surface area contributed by atoms with Gasteiger partial charge in [0.1, 0.15) is 5.82 Å². The van der Waals surface area contributed by atoms with E-state index in [4.69, 9.17) is 9.47 Å². The van der Waals surface area contributed by atoms with Gasteiger partial charge in [0.05, 0.1) is 19.3 Å². The maximum absolute atomic E-state index is 12.9. The van der Waals surface area contributed by atoms with E-state index in [1.165, 1.54) is 12.1 Å². The molecular formula is C15H24FNO2. The smallest absolute Gasteiger partial charge is 0.123 e. The molecule has 0 fully saturated rings. The molecule has 4 heteroatoms. The summed E-state index contributed by atoms with van der Waals surface area (Å²) >= 11 is 0. The van der Waals surface area contributed by atoms with Crippen molar-refractivity contribution in [1.29, 1.82) is 0 Å². The van der Waals surface area contributed by atoms with Crippen molar-refractivity contribution in [2.45, 2.75) is 26.4 Å². The molecule has 0 saturated carbocycles. The average molecular weight is 269 g/mol. The Kier molecular flexibility index (Phi) is 8.38. The quantitative estimate of drug-likeness (QED) is 0.662. The Hall–Kier alpha value is -0.970. The predicted molar refractivity (Wildman–Crippen MR) is 74.7 cm³/mol. The lowest BCUT2D eigenvalue weighted by Gasteiger charge is -2.19. The van der Waals surface area contributed by atoms with Gasteiger partial charge in [-0.2, -0.15) is 0 Å². The molecule has 0 amide bonds. The summed E-state index contributed by atoms with van der Waals surface area (Å²) in [5.41, 5.74) is 0.988. The molecular weight excluding hydrogens is 245 g/mol. The molecule has 0 spiro atoms. The summed E-state index contributed by atoms with van der Waals surface area (Å²) in [6.45, 7) is 7.58. The van der Waals surface area contributed by atoms with Crippen molar-refractivity contribution in [2.24, 2.45) is 0 Å². The number of ether oxygens (including phenoxy) is 2. The Bertz CT molecular complexity index is 329. The SMILES string of the molecule is CCCNCC(OCCOCC)c1ccc(F)cc1. The molecule has 0 aliphatic rings. The van der Waals surface area contributed by atoms with Crippen LogP contribution in [0.15, 0.2) is 24.3 Å². The summed E-state index contributed by atoms with van der Waals surface area (Å²) in [5, 5.41) is 3.33. The molecule has 3 nitrogen and oxygen atoms in total. The van der Waals surface area contributed by atoms with Gasteiger partial charge in [-0.3, -0.25) is 0 Å². The van der Waals surface area contributed by atoms with Crippen LogP contribution in [0.1, 0.15) is 31.9 Å². The highest BCUT2D eigenvalue weighted by Gasteiger charge is 2.11. The summed E-state index contributed by atoms with van der Waals surface area (Å²) in [6, 6.07) is 6.48. The molecule has 19 heavy (non-hydrogen) atoms. The fraction of sp³-hybridized carbons (Fsp3) is 0.600. The van der Waals surface area contributed by atoms with E-state index >= 15 is 0 Å². The lowest BCUT2D eigenvalue weighted by molar-refractivity contribution is 0.00692. The standard InChI is InChI=1S/C15H24FNO2/c1-3-9-17-12-15(19-11-10-18-4-2)13-5-7-14(16)8-6-13/h5-8,15,17H,3-4,9-12H2,1-2H3. The maximum atomic E-state index is 12.9. The molecule has 0 bridgehead atoms. The summed E-state index contributed by atoms with van der Waals surface area (Å²) < 4.78 is 24.0. The summed E-state index contributed by atoms with van der Waals surface area (Å²) in [4.78, 5) is 0. The number of benzene rings is 1. The molecule has 0 aliphatic heterocycles. The summed E-state index contributed by atoms with van der Waals surface area (Å²) in [6.07, 6.45) is 1.02. The Morgan fingerprint density at radius 2 is 1.89 bits per heavy atom. The van der Waals surface area contributed by atoms with Crippen LogP contribution in [-0.4, -0.2) is 32.9 Å². The van der Waals surface area contributed by atoms with E-state index < -0.39 is 0 Å². The summed E-state index contributed by atoms with van der Waals surface area (Å²) in [5.74, 6) is -0.224. The van der Waals surface area contributed by atoms with Gasteiger partial charge in [0, 0.05) is 13.2 Å². The van der Waals surface area contributed by atoms with Crippen LogP contribution in [0.2, 0.25) is 0 Å². The van der Waals surface area contributed by atoms with E-state index in [0.717, 1.165) is 25.1 Å². The molecule has 0 radical (unpaired) electrons. The highest BCUT2D eigenvalue weighted by molar-refractivity contribution is 5.19. The molecule has 1 atom stereocenters. The van der Waals surface area contributed by atoms with Crippen LogP contribution in [0.3, 0.4) is 0 Å². The van der Waals surface area contributed by atoms with Gasteiger partial charge in [-0.1, -0.05) is 19.1 Å². The monoisotopic (exact) mass is 269 g/mol. The van der Waals surface area contributed by atoms with Crippen LogP contribution in [0.5, 0.6) is 0 Å². The Labute approximate surface area is 115 Å². The van der Waals surface area contributed by atoms with Crippen LogP contribution in [0, 0.1) is 5.82 Å². The third-order valence-corrected chi connectivity index (χ3v) is 2.75. The normalized spacial score (nSPS) is 12.6. The molecule has 108 valence electrons. The second kappa shape index (κ2) is 9.89. The highest BCUT2D eigenvalue weighted by Crippen LogP contribution is 2.17. The molecule has 1 aromatic rings. The van der Waals surface area contributed by atoms with Gasteiger partial charge >= 0.3 is 0 Å². The van der Waals surface area contributed by atoms with Gasteiger partial charge in [0.25, 0.3) is 0 Å². The van der Waals surface area contributed by atoms with E-state index in [9.17, 15) is 4.39 Å². The van der Waals surface area contributed by atoms with Crippen LogP contribution in [0.4, 0.5) is 4.39 Å². The second-order valence-corrected chi connectivity index (χ2v) is 4.31. The van der Waals surface area contributed by atoms with Crippen LogP contribution in [0.25, 0.3) is 0 Å². The number of rotatable bonds is 10. The van der Waals surface area contributed by atoms with Crippen molar-refractivity contribution in [3.63, 3.8) is 0 Å². The first kappa shape index (κ1) is 16.1. The van der Waals surface area contributed by atoms with E-state index in [1.54, 1.807) is 12.1 Å². The van der Waals surface area contributed by atoms with Crippen LogP contribution in [-0.2, 0) is 9.47 Å². The number of hydrogen-bond donors (Lipinski definition) is 1.